The Labute approximate surface area is 117 Å². The van der Waals surface area contributed by atoms with Crippen LogP contribution in [0.2, 0.25) is 0 Å². The van der Waals surface area contributed by atoms with Crippen molar-refractivity contribution in [3.8, 4) is 0 Å². The van der Waals surface area contributed by atoms with Gasteiger partial charge >= 0.3 is 5.97 Å². The topological polar surface area (TPSA) is 55.8 Å². The first kappa shape index (κ1) is 18.4. The first-order chi connectivity index (χ1) is 9.27. The van der Waals surface area contributed by atoms with Crippen LogP contribution in [0.25, 0.3) is 0 Å². The molecule has 0 heterocycles. The lowest BCUT2D eigenvalue weighted by atomic mass is 10.1. The molecule has 0 spiro atoms. The largest absolute Gasteiger partial charge is 0.481 e. The number of carboxylic acids is 1. The zero-order valence-corrected chi connectivity index (χ0v) is 12.4. The van der Waals surface area contributed by atoms with Gasteiger partial charge in [-0.05, 0) is 12.8 Å². The highest BCUT2D eigenvalue weighted by molar-refractivity contribution is 5.66. The minimum atomic E-state index is -0.765. The molecule has 0 fully saturated rings. The van der Waals surface area contributed by atoms with Crippen LogP contribution in [0.3, 0.4) is 0 Å². The summed E-state index contributed by atoms with van der Waals surface area (Å²) < 4.78 is 10.7. The minimum absolute atomic E-state index is 0.179. The molecule has 0 radical (unpaired) electrons. The Morgan fingerprint density at radius 2 is 1.32 bits per heavy atom. The molecule has 114 valence electrons. The fraction of sp³-hybridized carbons (Fsp3) is 0.933. The van der Waals surface area contributed by atoms with Gasteiger partial charge in [0.25, 0.3) is 0 Å². The number of aliphatic carboxylic acids is 1. The van der Waals surface area contributed by atoms with Crippen LogP contribution < -0.4 is 0 Å². The van der Waals surface area contributed by atoms with Gasteiger partial charge in [-0.3, -0.25) is 4.79 Å². The Kier molecular flexibility index (Phi) is 15.0. The van der Waals surface area contributed by atoms with Gasteiger partial charge in [-0.25, -0.2) is 0 Å². The molecule has 0 aromatic carbocycles. The summed E-state index contributed by atoms with van der Waals surface area (Å²) in [5.41, 5.74) is 0. The number of rotatable bonds is 15. The molecule has 4 heteroatoms. The lowest BCUT2D eigenvalue weighted by Gasteiger charge is -2.05. The SMILES string of the molecule is CCCCCCCCCOCCOCCCC(=O)O. The monoisotopic (exact) mass is 274 g/mol. The summed E-state index contributed by atoms with van der Waals surface area (Å²) in [5, 5.41) is 8.42. The second-order valence-electron chi connectivity index (χ2n) is 4.84. The van der Waals surface area contributed by atoms with Gasteiger partial charge in [0.05, 0.1) is 13.2 Å². The number of hydrogen-bond donors (Lipinski definition) is 1. The van der Waals surface area contributed by atoms with Crippen molar-refractivity contribution in [3.05, 3.63) is 0 Å². The van der Waals surface area contributed by atoms with E-state index >= 15 is 0 Å². The molecule has 0 aliphatic rings. The Morgan fingerprint density at radius 3 is 1.89 bits per heavy atom. The minimum Gasteiger partial charge on any atom is -0.481 e. The van der Waals surface area contributed by atoms with Gasteiger partial charge in [0.15, 0.2) is 0 Å². The summed E-state index contributed by atoms with van der Waals surface area (Å²) in [4.78, 5) is 10.2. The van der Waals surface area contributed by atoms with Crippen molar-refractivity contribution >= 4 is 5.97 Å². The molecule has 0 aromatic heterocycles. The highest BCUT2D eigenvalue weighted by atomic mass is 16.5. The van der Waals surface area contributed by atoms with Gasteiger partial charge in [0.1, 0.15) is 0 Å². The van der Waals surface area contributed by atoms with E-state index in [1.54, 1.807) is 0 Å². The zero-order chi connectivity index (χ0) is 14.2. The number of unbranched alkanes of at least 4 members (excludes halogenated alkanes) is 6. The van der Waals surface area contributed by atoms with Crippen LogP contribution in [-0.2, 0) is 14.3 Å². The Balaban J connectivity index is 2.93. The molecule has 0 saturated heterocycles. The van der Waals surface area contributed by atoms with Crippen LogP contribution in [-0.4, -0.2) is 37.5 Å². The van der Waals surface area contributed by atoms with E-state index in [0.717, 1.165) is 13.0 Å². The summed E-state index contributed by atoms with van der Waals surface area (Å²) in [6, 6.07) is 0. The van der Waals surface area contributed by atoms with E-state index in [4.69, 9.17) is 14.6 Å². The molecule has 0 unspecified atom stereocenters. The summed E-state index contributed by atoms with van der Waals surface area (Å²) >= 11 is 0. The van der Waals surface area contributed by atoms with Crippen molar-refractivity contribution in [1.82, 2.24) is 0 Å². The molecule has 0 amide bonds. The lowest BCUT2D eigenvalue weighted by molar-refractivity contribution is -0.137. The second kappa shape index (κ2) is 15.4. The van der Waals surface area contributed by atoms with E-state index in [1.165, 1.54) is 38.5 Å². The van der Waals surface area contributed by atoms with E-state index in [1.807, 2.05) is 0 Å². The summed E-state index contributed by atoms with van der Waals surface area (Å²) in [5.74, 6) is -0.765. The molecule has 0 atom stereocenters. The first-order valence-electron chi connectivity index (χ1n) is 7.64. The van der Waals surface area contributed by atoms with Crippen LogP contribution in [0.15, 0.2) is 0 Å². The second-order valence-corrected chi connectivity index (χ2v) is 4.84. The van der Waals surface area contributed by atoms with Crippen LogP contribution in [0.5, 0.6) is 0 Å². The van der Waals surface area contributed by atoms with E-state index in [2.05, 4.69) is 6.92 Å². The van der Waals surface area contributed by atoms with Gasteiger partial charge in [0.2, 0.25) is 0 Å². The van der Waals surface area contributed by atoms with Crippen molar-refractivity contribution in [2.24, 2.45) is 0 Å². The molecule has 0 rings (SSSR count). The third-order valence-corrected chi connectivity index (χ3v) is 2.94. The van der Waals surface area contributed by atoms with Crippen LogP contribution >= 0.6 is 0 Å². The summed E-state index contributed by atoms with van der Waals surface area (Å²) in [6.45, 7) is 4.73. The Morgan fingerprint density at radius 1 is 0.789 bits per heavy atom. The number of carboxylic acid groups (broad SMARTS) is 1. The Bertz CT molecular complexity index is 195. The van der Waals surface area contributed by atoms with Crippen molar-refractivity contribution < 1.29 is 19.4 Å². The molecule has 0 aliphatic carbocycles. The Hall–Kier alpha value is -0.610. The zero-order valence-electron chi connectivity index (χ0n) is 12.4. The van der Waals surface area contributed by atoms with Gasteiger partial charge < -0.3 is 14.6 Å². The van der Waals surface area contributed by atoms with E-state index < -0.39 is 5.97 Å². The maximum Gasteiger partial charge on any atom is 0.303 e. The maximum atomic E-state index is 10.2. The van der Waals surface area contributed by atoms with E-state index in [-0.39, 0.29) is 6.42 Å². The van der Waals surface area contributed by atoms with Gasteiger partial charge in [0, 0.05) is 19.6 Å². The summed E-state index contributed by atoms with van der Waals surface area (Å²) in [7, 11) is 0. The first-order valence-corrected chi connectivity index (χ1v) is 7.64. The predicted octanol–water partition coefficient (Wildman–Crippen LogP) is 3.64. The fourth-order valence-electron chi connectivity index (χ4n) is 1.81. The number of carbonyl (C=O) groups is 1. The van der Waals surface area contributed by atoms with Crippen molar-refractivity contribution in [1.29, 1.82) is 0 Å². The molecule has 4 nitrogen and oxygen atoms in total. The third kappa shape index (κ3) is 17.4. The lowest BCUT2D eigenvalue weighted by Crippen LogP contribution is -2.07. The average molecular weight is 274 g/mol. The maximum absolute atomic E-state index is 10.2. The molecule has 0 aromatic rings. The standard InChI is InChI=1S/C15H30O4/c1-2-3-4-5-6-7-8-11-18-13-14-19-12-9-10-15(16)17/h2-14H2,1H3,(H,16,17). The number of hydrogen-bond acceptors (Lipinski definition) is 3. The summed E-state index contributed by atoms with van der Waals surface area (Å²) in [6.07, 6.45) is 9.82. The van der Waals surface area contributed by atoms with Crippen molar-refractivity contribution in [2.45, 2.75) is 64.7 Å². The van der Waals surface area contributed by atoms with Crippen LogP contribution in [0.1, 0.15) is 64.7 Å². The van der Waals surface area contributed by atoms with Gasteiger partial charge in [-0.2, -0.15) is 0 Å². The van der Waals surface area contributed by atoms with Gasteiger partial charge in [-0.1, -0.05) is 45.4 Å². The normalized spacial score (nSPS) is 10.8. The van der Waals surface area contributed by atoms with E-state index in [0.29, 0.717) is 26.2 Å². The predicted molar refractivity (Wildman–Crippen MR) is 76.5 cm³/mol. The molecule has 19 heavy (non-hydrogen) atoms. The smallest absolute Gasteiger partial charge is 0.303 e. The average Bonchev–Trinajstić information content (AvgIpc) is 2.39. The number of ether oxygens (including phenoxy) is 2. The molecule has 0 saturated carbocycles. The highest BCUT2D eigenvalue weighted by Crippen LogP contribution is 2.06. The van der Waals surface area contributed by atoms with Crippen LogP contribution in [0.4, 0.5) is 0 Å². The molecular formula is C15H30O4. The van der Waals surface area contributed by atoms with Crippen molar-refractivity contribution in [3.63, 3.8) is 0 Å². The van der Waals surface area contributed by atoms with Crippen LogP contribution in [0, 0.1) is 0 Å². The quantitative estimate of drug-likeness (QED) is 0.463. The van der Waals surface area contributed by atoms with Crippen molar-refractivity contribution in [2.75, 3.05) is 26.4 Å². The van der Waals surface area contributed by atoms with E-state index in [9.17, 15) is 4.79 Å². The molecule has 0 bridgehead atoms. The van der Waals surface area contributed by atoms with Gasteiger partial charge in [-0.15, -0.1) is 0 Å². The molecule has 1 N–H and O–H groups in total. The third-order valence-electron chi connectivity index (χ3n) is 2.94. The highest BCUT2D eigenvalue weighted by Gasteiger charge is 1.96. The fourth-order valence-corrected chi connectivity index (χ4v) is 1.81. The molecular weight excluding hydrogens is 244 g/mol. The molecule has 0 aliphatic heterocycles.